The molecule has 0 aliphatic rings. The zero-order chi connectivity index (χ0) is 28.1. The lowest BCUT2D eigenvalue weighted by Gasteiger charge is -2.23. The average Bonchev–Trinajstić information content (AvgIpc) is 3.26. The van der Waals surface area contributed by atoms with Crippen LogP contribution in [0.15, 0.2) is 103 Å². The van der Waals surface area contributed by atoms with Gasteiger partial charge in [0.05, 0.1) is 11.0 Å². The third-order valence-electron chi connectivity index (χ3n) is 7.47. The van der Waals surface area contributed by atoms with Crippen molar-refractivity contribution in [1.82, 2.24) is 14.5 Å². The number of hydrogen-bond donors (Lipinski definition) is 0. The number of hydrogen-bond acceptors (Lipinski definition) is 3. The van der Waals surface area contributed by atoms with Crippen LogP contribution in [-0.4, -0.2) is 14.5 Å². The molecule has 0 saturated carbocycles. The molecule has 0 radical (unpaired) electrons. The number of aromatic nitrogens is 3. The Bertz CT molecular complexity index is 1850. The van der Waals surface area contributed by atoms with Gasteiger partial charge in [-0.3, -0.25) is 4.57 Å². The molecule has 0 aliphatic heterocycles. The summed E-state index contributed by atoms with van der Waals surface area (Å²) in [6, 6.07) is 31.8. The molecule has 200 valence electrons. The third-order valence-corrected chi connectivity index (χ3v) is 7.47. The average molecular weight is 526 g/mol. The molecule has 3 aromatic carbocycles. The fourth-order valence-corrected chi connectivity index (χ4v) is 5.33. The van der Waals surface area contributed by atoms with Crippen LogP contribution in [0.5, 0.6) is 11.6 Å². The van der Waals surface area contributed by atoms with Crippen molar-refractivity contribution < 1.29 is 4.74 Å². The highest BCUT2D eigenvalue weighted by Crippen LogP contribution is 2.38. The Kier molecular flexibility index (Phi) is 6.22. The minimum atomic E-state index is -0.0527. The molecule has 0 N–H and O–H groups in total. The third kappa shape index (κ3) is 4.75. The molecule has 0 fully saturated rings. The second kappa shape index (κ2) is 9.63. The molecule has 0 unspecified atom stereocenters. The Morgan fingerprint density at radius 2 is 1.38 bits per heavy atom. The number of fused-ring (bicyclic) bond motifs is 3. The van der Waals surface area contributed by atoms with E-state index >= 15 is 0 Å². The molecule has 40 heavy (non-hydrogen) atoms. The van der Waals surface area contributed by atoms with Crippen LogP contribution in [0.2, 0.25) is 0 Å². The second-order valence-corrected chi connectivity index (χ2v) is 12.5. The summed E-state index contributed by atoms with van der Waals surface area (Å²) in [5.41, 5.74) is 6.86. The van der Waals surface area contributed by atoms with Crippen LogP contribution in [0.1, 0.15) is 52.7 Å². The van der Waals surface area contributed by atoms with E-state index in [1.165, 1.54) is 21.9 Å². The smallest absolute Gasteiger partial charge is 0.219 e. The maximum absolute atomic E-state index is 6.23. The van der Waals surface area contributed by atoms with E-state index in [1.807, 2.05) is 42.7 Å². The van der Waals surface area contributed by atoms with E-state index in [1.54, 1.807) is 0 Å². The lowest BCUT2D eigenvalue weighted by Crippen LogP contribution is -2.16. The summed E-state index contributed by atoms with van der Waals surface area (Å²) >= 11 is 0. The van der Waals surface area contributed by atoms with Crippen molar-refractivity contribution in [1.29, 1.82) is 0 Å². The quantitative estimate of drug-likeness (QED) is 0.230. The van der Waals surface area contributed by atoms with Gasteiger partial charge in [-0.25, -0.2) is 9.97 Å². The van der Waals surface area contributed by atoms with Crippen LogP contribution >= 0.6 is 0 Å². The molecule has 6 rings (SSSR count). The van der Waals surface area contributed by atoms with E-state index in [2.05, 4.69) is 112 Å². The van der Waals surface area contributed by atoms with Crippen LogP contribution in [0.3, 0.4) is 0 Å². The first-order chi connectivity index (χ1) is 19.1. The zero-order valence-electron chi connectivity index (χ0n) is 24.1. The highest BCUT2D eigenvalue weighted by molar-refractivity contribution is 6.10. The molecule has 4 nitrogen and oxygen atoms in total. The summed E-state index contributed by atoms with van der Waals surface area (Å²) < 4.78 is 8.55. The normalized spacial score (nSPS) is 12.2. The number of nitrogens with zero attached hydrogens (tertiary/aromatic N) is 3. The first-order valence-corrected chi connectivity index (χ1v) is 13.8. The van der Waals surface area contributed by atoms with Gasteiger partial charge in [-0.15, -0.1) is 0 Å². The molecule has 0 spiro atoms. The highest BCUT2D eigenvalue weighted by Gasteiger charge is 2.23. The van der Waals surface area contributed by atoms with Crippen molar-refractivity contribution in [3.05, 3.63) is 115 Å². The highest BCUT2D eigenvalue weighted by atomic mass is 16.5. The van der Waals surface area contributed by atoms with Gasteiger partial charge in [0.15, 0.2) is 0 Å². The van der Waals surface area contributed by atoms with E-state index in [4.69, 9.17) is 9.72 Å². The number of para-hydroxylation sites is 1. The van der Waals surface area contributed by atoms with E-state index in [0.717, 1.165) is 33.7 Å². The monoisotopic (exact) mass is 525 g/mol. The second-order valence-electron chi connectivity index (χ2n) is 12.5. The first kappa shape index (κ1) is 25.8. The molecular formula is C36H35N3O. The molecule has 3 aromatic heterocycles. The Labute approximate surface area is 236 Å². The number of ether oxygens (including phenoxy) is 1. The number of benzene rings is 3. The van der Waals surface area contributed by atoms with Gasteiger partial charge in [0, 0.05) is 34.8 Å². The van der Waals surface area contributed by atoms with E-state index in [9.17, 15) is 0 Å². The van der Waals surface area contributed by atoms with Crippen LogP contribution in [0.4, 0.5) is 0 Å². The number of pyridine rings is 2. The Morgan fingerprint density at radius 1 is 0.600 bits per heavy atom. The predicted octanol–water partition coefficient (Wildman–Crippen LogP) is 9.63. The van der Waals surface area contributed by atoms with Crippen molar-refractivity contribution >= 4 is 21.8 Å². The van der Waals surface area contributed by atoms with Gasteiger partial charge in [0.1, 0.15) is 11.6 Å². The van der Waals surface area contributed by atoms with Crippen molar-refractivity contribution in [2.24, 2.45) is 0 Å². The summed E-state index contributed by atoms with van der Waals surface area (Å²) in [5.74, 6) is 2.33. The molecule has 0 amide bonds. The fraction of sp³-hybridized carbons (Fsp3) is 0.222. The fourth-order valence-electron chi connectivity index (χ4n) is 5.33. The molecule has 0 aliphatic carbocycles. The van der Waals surface area contributed by atoms with Crippen LogP contribution in [0.25, 0.3) is 38.8 Å². The Hall–Kier alpha value is -4.44. The van der Waals surface area contributed by atoms with E-state index < -0.39 is 0 Å². The van der Waals surface area contributed by atoms with Crippen molar-refractivity contribution in [2.45, 2.75) is 52.4 Å². The Morgan fingerprint density at radius 3 is 2.17 bits per heavy atom. The molecule has 3 heterocycles. The van der Waals surface area contributed by atoms with Gasteiger partial charge in [0.25, 0.3) is 0 Å². The molecule has 0 saturated heterocycles. The lowest BCUT2D eigenvalue weighted by atomic mass is 9.87. The van der Waals surface area contributed by atoms with Gasteiger partial charge in [0.2, 0.25) is 5.88 Å². The topological polar surface area (TPSA) is 39.9 Å². The summed E-state index contributed by atoms with van der Waals surface area (Å²) in [5, 5.41) is 2.43. The minimum absolute atomic E-state index is 0.0250. The van der Waals surface area contributed by atoms with Crippen LogP contribution < -0.4 is 4.74 Å². The molecule has 4 heteroatoms. The molecular weight excluding hydrogens is 490 g/mol. The molecule has 6 aromatic rings. The SMILES string of the molecule is CC(C)(C)c1ccnc(Oc2cccc(-c3ccc4c5ccccc5n(-c5ncccc5C(C)(C)C)c4c3)c2)c1. The maximum atomic E-state index is 6.23. The predicted molar refractivity (Wildman–Crippen MR) is 166 cm³/mol. The van der Waals surface area contributed by atoms with E-state index in [0.29, 0.717) is 5.88 Å². The summed E-state index contributed by atoms with van der Waals surface area (Å²) in [7, 11) is 0. The van der Waals surface area contributed by atoms with Crippen molar-refractivity contribution in [3.63, 3.8) is 0 Å². The standard InChI is InChI=1S/C36H35N3O/c1-35(2,3)26-18-20-37-33(23-26)40-27-12-9-11-24(21-27)25-16-17-29-28-13-7-8-15-31(28)39(32(29)22-25)34-30(36(4,5)6)14-10-19-38-34/h7-23H,1-6H3. The van der Waals surface area contributed by atoms with Gasteiger partial charge in [-0.1, -0.05) is 90.1 Å². The summed E-state index contributed by atoms with van der Waals surface area (Å²) in [6.07, 6.45) is 3.70. The van der Waals surface area contributed by atoms with Gasteiger partial charge in [-0.2, -0.15) is 0 Å². The van der Waals surface area contributed by atoms with Crippen molar-refractivity contribution in [2.75, 3.05) is 0 Å². The summed E-state index contributed by atoms with van der Waals surface area (Å²) in [4.78, 5) is 9.37. The zero-order valence-corrected chi connectivity index (χ0v) is 24.1. The Balaban J connectivity index is 1.47. The van der Waals surface area contributed by atoms with Crippen molar-refractivity contribution in [3.8, 4) is 28.6 Å². The largest absolute Gasteiger partial charge is 0.439 e. The molecule has 0 bridgehead atoms. The van der Waals surface area contributed by atoms with Crippen LogP contribution in [-0.2, 0) is 10.8 Å². The van der Waals surface area contributed by atoms with Gasteiger partial charge in [-0.05, 0) is 63.9 Å². The first-order valence-electron chi connectivity index (χ1n) is 13.8. The van der Waals surface area contributed by atoms with Gasteiger partial charge < -0.3 is 4.74 Å². The summed E-state index contributed by atoms with van der Waals surface area (Å²) in [6.45, 7) is 13.3. The maximum Gasteiger partial charge on any atom is 0.219 e. The number of rotatable bonds is 4. The van der Waals surface area contributed by atoms with Gasteiger partial charge >= 0.3 is 0 Å². The van der Waals surface area contributed by atoms with Crippen LogP contribution in [0, 0.1) is 0 Å². The minimum Gasteiger partial charge on any atom is -0.439 e. The lowest BCUT2D eigenvalue weighted by molar-refractivity contribution is 0.459. The van der Waals surface area contributed by atoms with E-state index in [-0.39, 0.29) is 10.8 Å². The molecule has 0 atom stereocenters.